The number of rotatable bonds is 4. The van der Waals surface area contributed by atoms with Gasteiger partial charge in [-0.25, -0.2) is 4.79 Å². The van der Waals surface area contributed by atoms with Crippen molar-refractivity contribution in [1.82, 2.24) is 4.90 Å². The largest absolute Gasteiger partial charge is 0.480 e. The van der Waals surface area contributed by atoms with Crippen LogP contribution in [0.1, 0.15) is 13.3 Å². The maximum absolute atomic E-state index is 11.0. The summed E-state index contributed by atoms with van der Waals surface area (Å²) in [5, 5.41) is 17.2. The number of carbonyl (C=O) groups is 2. The van der Waals surface area contributed by atoms with Crippen LogP contribution in [-0.2, 0) is 9.59 Å². The van der Waals surface area contributed by atoms with Crippen molar-refractivity contribution in [1.29, 1.82) is 0 Å². The Labute approximate surface area is 70.6 Å². The molecule has 0 fully saturated rings. The van der Waals surface area contributed by atoms with Crippen molar-refractivity contribution in [2.24, 2.45) is 0 Å². The molecule has 0 saturated heterocycles. The lowest BCUT2D eigenvalue weighted by molar-refractivity contribution is -0.150. The highest BCUT2D eigenvalue weighted by molar-refractivity contribution is 5.83. The number of aliphatic hydroxyl groups excluding tert-OH is 1. The molecule has 70 valence electrons. The molecule has 0 heterocycles. The van der Waals surface area contributed by atoms with Crippen LogP contribution in [0.25, 0.3) is 0 Å². The summed E-state index contributed by atoms with van der Waals surface area (Å²) in [6, 6.07) is -1.13. The van der Waals surface area contributed by atoms with Gasteiger partial charge in [0, 0.05) is 13.5 Å². The van der Waals surface area contributed by atoms with Gasteiger partial charge in [-0.1, -0.05) is 6.92 Å². The summed E-state index contributed by atoms with van der Waals surface area (Å²) >= 11 is 0. The normalized spacial score (nSPS) is 12.2. The first-order chi connectivity index (χ1) is 5.54. The van der Waals surface area contributed by atoms with Crippen LogP contribution in [0.3, 0.4) is 0 Å². The Morgan fingerprint density at radius 2 is 2.00 bits per heavy atom. The number of carbonyl (C=O) groups excluding carboxylic acids is 1. The second-order valence-corrected chi connectivity index (χ2v) is 2.39. The van der Waals surface area contributed by atoms with E-state index in [-0.39, 0.29) is 12.3 Å². The molecule has 1 amide bonds. The zero-order valence-corrected chi connectivity index (χ0v) is 7.15. The SMILES string of the molecule is CCC(=O)N(C)C(CO)C(=O)O. The highest BCUT2D eigenvalue weighted by atomic mass is 16.4. The average molecular weight is 175 g/mol. The fourth-order valence-corrected chi connectivity index (χ4v) is 0.789. The van der Waals surface area contributed by atoms with E-state index in [1.165, 1.54) is 7.05 Å². The van der Waals surface area contributed by atoms with Gasteiger partial charge in [-0.2, -0.15) is 0 Å². The molecule has 12 heavy (non-hydrogen) atoms. The van der Waals surface area contributed by atoms with Gasteiger partial charge < -0.3 is 15.1 Å². The van der Waals surface area contributed by atoms with E-state index in [2.05, 4.69) is 0 Å². The quantitative estimate of drug-likeness (QED) is 0.592. The molecular formula is C7H13NO4. The summed E-state index contributed by atoms with van der Waals surface area (Å²) in [7, 11) is 1.36. The van der Waals surface area contributed by atoms with Crippen molar-refractivity contribution in [3.63, 3.8) is 0 Å². The molecule has 0 radical (unpaired) electrons. The highest BCUT2D eigenvalue weighted by Gasteiger charge is 2.24. The molecule has 0 bridgehead atoms. The molecule has 0 aromatic heterocycles. The molecule has 0 aliphatic heterocycles. The Balaban J connectivity index is 4.30. The number of likely N-dealkylation sites (N-methyl/N-ethyl adjacent to an activating group) is 1. The molecule has 0 aliphatic carbocycles. The van der Waals surface area contributed by atoms with Crippen LogP contribution in [-0.4, -0.2) is 46.7 Å². The number of aliphatic hydroxyl groups is 1. The van der Waals surface area contributed by atoms with Gasteiger partial charge in [0.1, 0.15) is 0 Å². The zero-order valence-electron chi connectivity index (χ0n) is 7.15. The van der Waals surface area contributed by atoms with E-state index in [0.717, 1.165) is 4.90 Å². The van der Waals surface area contributed by atoms with Crippen LogP contribution < -0.4 is 0 Å². The van der Waals surface area contributed by atoms with Gasteiger partial charge in [-0.05, 0) is 0 Å². The number of nitrogens with zero attached hydrogens (tertiary/aromatic N) is 1. The van der Waals surface area contributed by atoms with E-state index in [4.69, 9.17) is 10.2 Å². The van der Waals surface area contributed by atoms with Crippen LogP contribution >= 0.6 is 0 Å². The minimum atomic E-state index is -1.19. The Bertz CT molecular complexity index is 180. The zero-order chi connectivity index (χ0) is 9.72. The van der Waals surface area contributed by atoms with Crippen LogP contribution in [0.15, 0.2) is 0 Å². The standard InChI is InChI=1S/C7H13NO4/c1-3-6(10)8(2)5(4-9)7(11)12/h5,9H,3-4H2,1-2H3,(H,11,12). The summed E-state index contributed by atoms with van der Waals surface area (Å²) in [4.78, 5) is 22.4. The lowest BCUT2D eigenvalue weighted by atomic mass is 10.2. The number of hydrogen-bond donors (Lipinski definition) is 2. The van der Waals surface area contributed by atoms with Crippen LogP contribution in [0, 0.1) is 0 Å². The lowest BCUT2D eigenvalue weighted by Crippen LogP contribution is -2.44. The molecule has 1 unspecified atom stereocenters. The number of carboxylic acid groups (broad SMARTS) is 1. The maximum Gasteiger partial charge on any atom is 0.328 e. The molecule has 2 N–H and O–H groups in total. The summed E-state index contributed by atoms with van der Waals surface area (Å²) in [5.74, 6) is -1.49. The highest BCUT2D eigenvalue weighted by Crippen LogP contribution is 1.98. The van der Waals surface area contributed by atoms with E-state index < -0.39 is 18.6 Å². The molecule has 0 aromatic rings. The monoisotopic (exact) mass is 175 g/mol. The minimum Gasteiger partial charge on any atom is -0.480 e. The topological polar surface area (TPSA) is 77.8 Å². The molecule has 5 heteroatoms. The average Bonchev–Trinajstić information content (AvgIpc) is 2.03. The van der Waals surface area contributed by atoms with Gasteiger partial charge in [-0.3, -0.25) is 4.79 Å². The van der Waals surface area contributed by atoms with Crippen LogP contribution in [0.4, 0.5) is 0 Å². The Kier molecular flexibility index (Phi) is 4.28. The van der Waals surface area contributed by atoms with Crippen LogP contribution in [0.5, 0.6) is 0 Å². The molecule has 5 nitrogen and oxygen atoms in total. The predicted octanol–water partition coefficient (Wildman–Crippen LogP) is -0.700. The summed E-state index contributed by atoms with van der Waals surface area (Å²) in [6.07, 6.45) is 0.236. The van der Waals surface area contributed by atoms with E-state index in [1.54, 1.807) is 6.92 Å². The van der Waals surface area contributed by atoms with E-state index in [1.807, 2.05) is 0 Å². The lowest BCUT2D eigenvalue weighted by Gasteiger charge is -2.22. The third-order valence-electron chi connectivity index (χ3n) is 1.62. The molecule has 0 aliphatic rings. The van der Waals surface area contributed by atoms with Crippen molar-refractivity contribution in [2.45, 2.75) is 19.4 Å². The molecule has 0 spiro atoms. The fourth-order valence-electron chi connectivity index (χ4n) is 0.789. The van der Waals surface area contributed by atoms with E-state index >= 15 is 0 Å². The number of hydrogen-bond acceptors (Lipinski definition) is 3. The van der Waals surface area contributed by atoms with Gasteiger partial charge in [0.05, 0.1) is 6.61 Å². The van der Waals surface area contributed by atoms with Crippen LogP contribution in [0.2, 0.25) is 0 Å². The van der Waals surface area contributed by atoms with Crippen molar-refractivity contribution >= 4 is 11.9 Å². The predicted molar refractivity (Wildman–Crippen MR) is 41.6 cm³/mol. The summed E-state index contributed by atoms with van der Waals surface area (Å²) < 4.78 is 0. The molecular weight excluding hydrogens is 162 g/mol. The first kappa shape index (κ1) is 10.9. The molecule has 0 saturated carbocycles. The van der Waals surface area contributed by atoms with Crippen molar-refractivity contribution in [3.05, 3.63) is 0 Å². The fraction of sp³-hybridized carbons (Fsp3) is 0.714. The van der Waals surface area contributed by atoms with E-state index in [9.17, 15) is 9.59 Å². The maximum atomic E-state index is 11.0. The van der Waals surface area contributed by atoms with Gasteiger partial charge in [0.15, 0.2) is 6.04 Å². The van der Waals surface area contributed by atoms with Crippen molar-refractivity contribution in [3.8, 4) is 0 Å². The smallest absolute Gasteiger partial charge is 0.328 e. The Morgan fingerprint density at radius 3 is 2.25 bits per heavy atom. The number of amides is 1. The van der Waals surface area contributed by atoms with Gasteiger partial charge in [0.2, 0.25) is 5.91 Å². The summed E-state index contributed by atoms with van der Waals surface area (Å²) in [6.45, 7) is 1.08. The van der Waals surface area contributed by atoms with Crippen molar-refractivity contribution in [2.75, 3.05) is 13.7 Å². The summed E-state index contributed by atoms with van der Waals surface area (Å²) in [5.41, 5.74) is 0. The van der Waals surface area contributed by atoms with Gasteiger partial charge in [-0.15, -0.1) is 0 Å². The number of carboxylic acids is 1. The third kappa shape index (κ3) is 2.50. The first-order valence-corrected chi connectivity index (χ1v) is 3.63. The van der Waals surface area contributed by atoms with Gasteiger partial charge in [0.25, 0.3) is 0 Å². The Hall–Kier alpha value is -1.10. The first-order valence-electron chi connectivity index (χ1n) is 3.63. The molecule has 0 aromatic carbocycles. The van der Waals surface area contributed by atoms with Gasteiger partial charge >= 0.3 is 5.97 Å². The second-order valence-electron chi connectivity index (χ2n) is 2.39. The van der Waals surface area contributed by atoms with Crippen molar-refractivity contribution < 1.29 is 19.8 Å². The molecule has 0 rings (SSSR count). The molecule has 1 atom stereocenters. The van der Waals surface area contributed by atoms with E-state index in [0.29, 0.717) is 0 Å². The number of aliphatic carboxylic acids is 1. The minimum absolute atomic E-state index is 0.236. The third-order valence-corrected chi connectivity index (χ3v) is 1.62. The Morgan fingerprint density at radius 1 is 1.50 bits per heavy atom. The second kappa shape index (κ2) is 4.71.